The van der Waals surface area contributed by atoms with E-state index in [-0.39, 0.29) is 0 Å². The number of ether oxygens (including phenoxy) is 1. The quantitative estimate of drug-likeness (QED) is 0.671. The summed E-state index contributed by atoms with van der Waals surface area (Å²) in [6.07, 6.45) is 6.10. The van der Waals surface area contributed by atoms with E-state index in [9.17, 15) is 4.79 Å². The highest BCUT2D eigenvalue weighted by atomic mass is 16.5. The number of H-pyrrole nitrogens is 1. The van der Waals surface area contributed by atoms with Gasteiger partial charge in [0, 0.05) is 12.0 Å². The van der Waals surface area contributed by atoms with Gasteiger partial charge in [-0.15, -0.1) is 0 Å². The molecule has 1 aromatic carbocycles. The minimum atomic E-state index is -0.408. The Labute approximate surface area is 126 Å². The molecule has 1 aromatic heterocycles. The van der Waals surface area contributed by atoms with E-state index in [0.29, 0.717) is 30.2 Å². The van der Waals surface area contributed by atoms with Crippen LogP contribution in [-0.2, 0) is 0 Å². The Morgan fingerprint density at radius 1 is 1.32 bits per heavy atom. The smallest absolute Gasteiger partial charge is 0.357 e. The lowest BCUT2D eigenvalue weighted by atomic mass is 10.0. The second kappa shape index (κ2) is 6.17. The number of hydrogen-bond donors (Lipinski definition) is 2. The Morgan fingerprint density at radius 2 is 2.14 bits per heavy atom. The SMILES string of the molecule is O=c1cc(-c2ccc(OCC3=CC=CC(=NO)C3)cc2)[nH]o1. The third kappa shape index (κ3) is 3.17. The zero-order valence-corrected chi connectivity index (χ0v) is 11.7. The lowest BCUT2D eigenvalue weighted by Crippen LogP contribution is -2.08. The number of nitrogens with one attached hydrogen (secondary N) is 1. The molecule has 0 fully saturated rings. The Balaban J connectivity index is 1.63. The van der Waals surface area contributed by atoms with Gasteiger partial charge in [-0.2, -0.15) is 0 Å². The highest BCUT2D eigenvalue weighted by molar-refractivity contribution is 5.97. The second-order valence-corrected chi connectivity index (χ2v) is 4.85. The van der Waals surface area contributed by atoms with Crippen molar-refractivity contribution in [1.29, 1.82) is 0 Å². The summed E-state index contributed by atoms with van der Waals surface area (Å²) < 4.78 is 10.3. The Kier molecular flexibility index (Phi) is 3.91. The van der Waals surface area contributed by atoms with Crippen molar-refractivity contribution in [3.8, 4) is 17.0 Å². The summed E-state index contributed by atoms with van der Waals surface area (Å²) in [5.74, 6) is 0.715. The standard InChI is InChI=1S/C16H14N2O4/c19-16-9-15(18-22-16)12-4-6-14(7-5-12)21-10-11-2-1-3-13(8-11)17-20/h1-7,9,18,20H,8,10H2. The van der Waals surface area contributed by atoms with Crippen molar-refractivity contribution in [3.05, 3.63) is 64.6 Å². The topological polar surface area (TPSA) is 87.8 Å². The van der Waals surface area contributed by atoms with Gasteiger partial charge in [0.2, 0.25) is 0 Å². The molecular formula is C16H14N2O4. The van der Waals surface area contributed by atoms with E-state index in [4.69, 9.17) is 9.94 Å². The third-order valence-corrected chi connectivity index (χ3v) is 3.27. The zero-order chi connectivity index (χ0) is 15.4. The molecule has 0 aliphatic heterocycles. The van der Waals surface area contributed by atoms with Crippen LogP contribution in [0.5, 0.6) is 5.75 Å². The molecule has 6 heteroatoms. The maximum Gasteiger partial charge on any atom is 0.357 e. The molecule has 0 bridgehead atoms. The van der Waals surface area contributed by atoms with E-state index in [0.717, 1.165) is 11.1 Å². The number of benzene rings is 1. The van der Waals surface area contributed by atoms with Crippen LogP contribution in [0.25, 0.3) is 11.3 Å². The van der Waals surface area contributed by atoms with Crippen molar-refractivity contribution in [2.75, 3.05) is 6.61 Å². The summed E-state index contributed by atoms with van der Waals surface area (Å²) >= 11 is 0. The van der Waals surface area contributed by atoms with Crippen molar-refractivity contribution in [2.24, 2.45) is 5.16 Å². The summed E-state index contributed by atoms with van der Waals surface area (Å²) in [7, 11) is 0. The van der Waals surface area contributed by atoms with Crippen LogP contribution in [0.1, 0.15) is 6.42 Å². The number of rotatable bonds is 4. The molecule has 0 atom stereocenters. The van der Waals surface area contributed by atoms with Crippen LogP contribution < -0.4 is 10.4 Å². The molecule has 1 aliphatic carbocycles. The Hall–Kier alpha value is -3.02. The van der Waals surface area contributed by atoms with Gasteiger partial charge < -0.3 is 14.5 Å². The van der Waals surface area contributed by atoms with Gasteiger partial charge in [0.05, 0.1) is 17.5 Å². The normalized spacial score (nSPS) is 15.8. The van der Waals surface area contributed by atoms with Gasteiger partial charge in [-0.05, 0) is 35.9 Å². The van der Waals surface area contributed by atoms with Crippen LogP contribution >= 0.6 is 0 Å². The molecule has 0 spiro atoms. The van der Waals surface area contributed by atoms with Gasteiger partial charge in [0.1, 0.15) is 12.4 Å². The van der Waals surface area contributed by atoms with Gasteiger partial charge in [0.15, 0.2) is 0 Å². The highest BCUT2D eigenvalue weighted by Crippen LogP contribution is 2.21. The van der Waals surface area contributed by atoms with E-state index in [1.807, 2.05) is 36.4 Å². The Bertz CT molecular complexity index is 794. The van der Waals surface area contributed by atoms with Crippen LogP contribution in [0, 0.1) is 0 Å². The van der Waals surface area contributed by atoms with Crippen molar-refractivity contribution in [1.82, 2.24) is 5.16 Å². The van der Waals surface area contributed by atoms with Gasteiger partial charge in [0.25, 0.3) is 0 Å². The number of nitrogens with zero attached hydrogens (tertiary/aromatic N) is 1. The van der Waals surface area contributed by atoms with Crippen molar-refractivity contribution < 1.29 is 14.5 Å². The van der Waals surface area contributed by atoms with Crippen molar-refractivity contribution >= 4 is 5.71 Å². The molecule has 112 valence electrons. The maximum absolute atomic E-state index is 11.0. The van der Waals surface area contributed by atoms with E-state index >= 15 is 0 Å². The van der Waals surface area contributed by atoms with E-state index < -0.39 is 5.63 Å². The molecule has 2 aromatic rings. The summed E-state index contributed by atoms with van der Waals surface area (Å²) in [6, 6.07) is 8.71. The molecule has 0 saturated heterocycles. The molecule has 0 radical (unpaired) electrons. The van der Waals surface area contributed by atoms with E-state index in [1.165, 1.54) is 6.07 Å². The molecule has 2 N–H and O–H groups in total. The Morgan fingerprint density at radius 3 is 2.82 bits per heavy atom. The van der Waals surface area contributed by atoms with Crippen molar-refractivity contribution in [2.45, 2.75) is 6.42 Å². The fraction of sp³-hybridized carbons (Fsp3) is 0.125. The molecule has 0 unspecified atom stereocenters. The van der Waals surface area contributed by atoms with Gasteiger partial charge >= 0.3 is 5.63 Å². The fourth-order valence-corrected chi connectivity index (χ4v) is 2.14. The van der Waals surface area contributed by atoms with Crippen molar-refractivity contribution in [3.63, 3.8) is 0 Å². The summed E-state index contributed by atoms with van der Waals surface area (Å²) in [4.78, 5) is 11.0. The predicted molar refractivity (Wildman–Crippen MR) is 81.3 cm³/mol. The van der Waals surface area contributed by atoms with Gasteiger partial charge in [-0.25, -0.2) is 9.95 Å². The largest absolute Gasteiger partial charge is 0.489 e. The van der Waals surface area contributed by atoms with Crippen LogP contribution in [0.4, 0.5) is 0 Å². The number of aromatic nitrogens is 1. The van der Waals surface area contributed by atoms with E-state index in [1.54, 1.807) is 6.08 Å². The minimum Gasteiger partial charge on any atom is -0.489 e. The number of aromatic amines is 1. The third-order valence-electron chi connectivity index (χ3n) is 3.27. The summed E-state index contributed by atoms with van der Waals surface area (Å²) in [5, 5.41) is 14.5. The fourth-order valence-electron chi connectivity index (χ4n) is 2.14. The zero-order valence-electron chi connectivity index (χ0n) is 11.7. The lowest BCUT2D eigenvalue weighted by molar-refractivity contribution is 0.317. The molecule has 1 aliphatic rings. The first-order valence-electron chi connectivity index (χ1n) is 6.73. The summed E-state index contributed by atoms with van der Waals surface area (Å²) in [5.41, 5.74) is 2.70. The second-order valence-electron chi connectivity index (χ2n) is 4.85. The van der Waals surface area contributed by atoms with Crippen LogP contribution in [0.15, 0.2) is 68.6 Å². The molecule has 3 rings (SSSR count). The van der Waals surface area contributed by atoms with Gasteiger partial charge in [-0.3, -0.25) is 0 Å². The average Bonchev–Trinajstić information content (AvgIpc) is 3.00. The summed E-state index contributed by atoms with van der Waals surface area (Å²) in [6.45, 7) is 0.422. The molecule has 0 amide bonds. The minimum absolute atomic E-state index is 0.408. The van der Waals surface area contributed by atoms with Crippen LogP contribution in [0.3, 0.4) is 0 Å². The first kappa shape index (κ1) is 13.9. The first-order chi connectivity index (χ1) is 10.7. The molecule has 1 heterocycles. The average molecular weight is 298 g/mol. The molecule has 0 saturated carbocycles. The lowest BCUT2D eigenvalue weighted by Gasteiger charge is -2.12. The number of allylic oxidation sites excluding steroid dienone is 3. The first-order valence-corrected chi connectivity index (χ1v) is 6.73. The number of hydrogen-bond acceptors (Lipinski definition) is 5. The monoisotopic (exact) mass is 298 g/mol. The van der Waals surface area contributed by atoms with Crippen LogP contribution in [-0.4, -0.2) is 22.7 Å². The van der Waals surface area contributed by atoms with Gasteiger partial charge in [-0.1, -0.05) is 17.3 Å². The van der Waals surface area contributed by atoms with E-state index in [2.05, 4.69) is 14.8 Å². The molecule has 22 heavy (non-hydrogen) atoms. The predicted octanol–water partition coefficient (Wildman–Crippen LogP) is 2.73. The molecular weight excluding hydrogens is 284 g/mol. The molecule has 6 nitrogen and oxygen atoms in total. The number of oxime groups is 1. The highest BCUT2D eigenvalue weighted by Gasteiger charge is 2.07. The van der Waals surface area contributed by atoms with Crippen LogP contribution in [0.2, 0.25) is 0 Å². The maximum atomic E-state index is 11.0.